The van der Waals surface area contributed by atoms with Gasteiger partial charge in [0.15, 0.2) is 0 Å². The summed E-state index contributed by atoms with van der Waals surface area (Å²) in [5.41, 5.74) is 0. The summed E-state index contributed by atoms with van der Waals surface area (Å²) < 4.78 is 0. The molecule has 0 fully saturated rings. The summed E-state index contributed by atoms with van der Waals surface area (Å²) >= 11 is 0. The molecule has 0 aromatic rings. The van der Waals surface area contributed by atoms with Crippen molar-refractivity contribution in [1.82, 2.24) is 0 Å². The zero-order valence-electron chi connectivity index (χ0n) is 2.19. The molecule has 0 unspecified atom stereocenters. The predicted molar refractivity (Wildman–Crippen MR) is 10.8 cm³/mol. The fourth-order valence-electron chi connectivity index (χ4n) is 0. The number of hydrogen-bond acceptors (Lipinski definition) is 0. The largest absolute Gasteiger partial charge is 2.00 e. The van der Waals surface area contributed by atoms with Gasteiger partial charge in [-0.3, -0.25) is 0 Å². The van der Waals surface area contributed by atoms with Gasteiger partial charge in [-0.15, -0.1) is 0 Å². The van der Waals surface area contributed by atoms with Crippen LogP contribution in [0.15, 0.2) is 0 Å². The molecule has 0 aromatic heterocycles. The summed E-state index contributed by atoms with van der Waals surface area (Å²) in [6, 6.07) is 0. The van der Waals surface area contributed by atoms with E-state index < -0.39 is 0 Å². The van der Waals surface area contributed by atoms with Gasteiger partial charge >= 0.3 is 16.5 Å². The summed E-state index contributed by atoms with van der Waals surface area (Å²) in [6.07, 6.45) is 0. The number of halogens is 1. The van der Waals surface area contributed by atoms with Gasteiger partial charge < -0.3 is 28.8 Å². The quantitative estimate of drug-likeness (QED) is 0.306. The average Bonchev–Trinajstić information content (AvgIpc) is 0. The summed E-state index contributed by atoms with van der Waals surface area (Å²) in [5, 5.41) is 0. The molecule has 5 heavy (non-hydrogen) atoms. The molecule has 0 aliphatic rings. The SMILES string of the molecule is O.O.O.[Cl-].[Ni+2]. The maximum Gasteiger partial charge on any atom is 2.00 e. The first kappa shape index (κ1) is 280. The molecular formula is H6ClNiO3+. The molecule has 0 aromatic carbocycles. The summed E-state index contributed by atoms with van der Waals surface area (Å²) in [6.45, 7) is 0. The number of rotatable bonds is 0. The molecule has 0 heterocycles. The van der Waals surface area contributed by atoms with Crippen LogP contribution in [0.4, 0.5) is 0 Å². The zero-order chi connectivity index (χ0) is 0. The monoisotopic (exact) mass is 147 g/mol. The third-order valence-electron chi connectivity index (χ3n) is 0. The minimum absolute atomic E-state index is 0. The van der Waals surface area contributed by atoms with Crippen molar-refractivity contribution < 1.29 is 45.3 Å². The maximum atomic E-state index is 0. The predicted octanol–water partition coefficient (Wildman–Crippen LogP) is -5.47. The van der Waals surface area contributed by atoms with Crippen molar-refractivity contribution in [2.75, 3.05) is 0 Å². The molecule has 0 amide bonds. The van der Waals surface area contributed by atoms with Crippen LogP contribution >= 0.6 is 0 Å². The van der Waals surface area contributed by atoms with Gasteiger partial charge in [0.05, 0.1) is 0 Å². The van der Waals surface area contributed by atoms with Gasteiger partial charge in [0, 0.05) is 0 Å². The molecule has 6 N–H and O–H groups in total. The van der Waals surface area contributed by atoms with Crippen LogP contribution in [-0.2, 0) is 16.5 Å². The first-order valence-corrected chi connectivity index (χ1v) is 0. The van der Waals surface area contributed by atoms with E-state index in [0.717, 1.165) is 0 Å². The molecule has 0 radical (unpaired) electrons. The molecule has 0 aliphatic heterocycles. The van der Waals surface area contributed by atoms with Crippen LogP contribution in [0.25, 0.3) is 0 Å². The second-order valence-electron chi connectivity index (χ2n) is 0. The first-order valence-electron chi connectivity index (χ1n) is 0. The normalized spacial score (nSPS) is 0. The second-order valence-corrected chi connectivity index (χ2v) is 0. The fraction of sp³-hybridized carbons (Fsp3) is 0. The Morgan fingerprint density at radius 1 is 0.600 bits per heavy atom. The van der Waals surface area contributed by atoms with Gasteiger partial charge in [0.25, 0.3) is 0 Å². The summed E-state index contributed by atoms with van der Waals surface area (Å²) in [4.78, 5) is 0. The van der Waals surface area contributed by atoms with Gasteiger partial charge in [-0.05, 0) is 0 Å². The van der Waals surface area contributed by atoms with E-state index in [1.165, 1.54) is 0 Å². The third-order valence-corrected chi connectivity index (χ3v) is 0. The van der Waals surface area contributed by atoms with E-state index in [2.05, 4.69) is 0 Å². The van der Waals surface area contributed by atoms with Crippen LogP contribution in [0.5, 0.6) is 0 Å². The van der Waals surface area contributed by atoms with Crippen LogP contribution in [0.2, 0.25) is 0 Å². The zero-order valence-corrected chi connectivity index (χ0v) is 3.94. The molecule has 0 saturated carbocycles. The Morgan fingerprint density at radius 3 is 0.600 bits per heavy atom. The van der Waals surface area contributed by atoms with Gasteiger partial charge in [-0.2, -0.15) is 0 Å². The van der Waals surface area contributed by atoms with E-state index in [4.69, 9.17) is 0 Å². The molecule has 0 bridgehead atoms. The fourth-order valence-corrected chi connectivity index (χ4v) is 0. The topological polar surface area (TPSA) is 94.5 Å². The summed E-state index contributed by atoms with van der Waals surface area (Å²) in [5.74, 6) is 0. The molecule has 0 saturated heterocycles. The molecule has 0 spiro atoms. The van der Waals surface area contributed by atoms with Crippen molar-refractivity contribution >= 4 is 0 Å². The third kappa shape index (κ3) is 75.2. The second kappa shape index (κ2) is 142. The number of hydrogen-bond donors (Lipinski definition) is 0. The Balaban J connectivity index is 0. The maximum absolute atomic E-state index is 0. The molecule has 40 valence electrons. The molecule has 0 aliphatic carbocycles. The average molecular weight is 148 g/mol. The van der Waals surface area contributed by atoms with E-state index in [9.17, 15) is 0 Å². The molecule has 5 heteroatoms. The van der Waals surface area contributed by atoms with Gasteiger partial charge in [-0.25, -0.2) is 0 Å². The Hall–Kier alpha value is 0.664. The van der Waals surface area contributed by atoms with E-state index >= 15 is 0 Å². The standard InChI is InChI=1S/ClH.Ni.3H2O/h1H;;3*1H2/q;+2;;;/p-1. The van der Waals surface area contributed by atoms with Gasteiger partial charge in [0.1, 0.15) is 0 Å². The first-order chi connectivity index (χ1) is 0. The van der Waals surface area contributed by atoms with Crippen molar-refractivity contribution in [1.29, 1.82) is 0 Å². The van der Waals surface area contributed by atoms with E-state index in [-0.39, 0.29) is 45.3 Å². The van der Waals surface area contributed by atoms with Crippen molar-refractivity contribution in [2.24, 2.45) is 0 Å². The van der Waals surface area contributed by atoms with Crippen molar-refractivity contribution in [3.05, 3.63) is 0 Å². The summed E-state index contributed by atoms with van der Waals surface area (Å²) in [7, 11) is 0. The molecule has 3 nitrogen and oxygen atoms in total. The van der Waals surface area contributed by atoms with E-state index in [1.54, 1.807) is 0 Å². The van der Waals surface area contributed by atoms with Gasteiger partial charge in [-0.1, -0.05) is 0 Å². The molecular weight excluding hydrogens is 142 g/mol. The van der Waals surface area contributed by atoms with Gasteiger partial charge in [0.2, 0.25) is 0 Å². The van der Waals surface area contributed by atoms with Crippen LogP contribution < -0.4 is 12.4 Å². The van der Waals surface area contributed by atoms with Crippen LogP contribution in [0.1, 0.15) is 0 Å². The Kier molecular flexibility index (Phi) is 7960. The Bertz CT molecular complexity index is 6.85. The molecule has 0 rings (SSSR count). The molecule has 0 atom stereocenters. The van der Waals surface area contributed by atoms with Crippen LogP contribution in [0, 0.1) is 0 Å². The van der Waals surface area contributed by atoms with E-state index in [0.29, 0.717) is 0 Å². The van der Waals surface area contributed by atoms with Crippen LogP contribution in [-0.4, -0.2) is 16.4 Å². The minimum Gasteiger partial charge on any atom is -1.00 e. The van der Waals surface area contributed by atoms with Crippen LogP contribution in [0.3, 0.4) is 0 Å². The Labute approximate surface area is 46.0 Å². The Morgan fingerprint density at radius 2 is 0.600 bits per heavy atom. The van der Waals surface area contributed by atoms with Crippen molar-refractivity contribution in [2.45, 2.75) is 0 Å². The van der Waals surface area contributed by atoms with E-state index in [1.807, 2.05) is 0 Å². The van der Waals surface area contributed by atoms with Crippen molar-refractivity contribution in [3.63, 3.8) is 0 Å². The minimum atomic E-state index is 0. The van der Waals surface area contributed by atoms with Crippen molar-refractivity contribution in [3.8, 4) is 0 Å². The smallest absolute Gasteiger partial charge is 1.00 e.